The molecule has 0 bridgehead atoms. The van der Waals surface area contributed by atoms with Crippen LogP contribution < -0.4 is 0 Å². The van der Waals surface area contributed by atoms with Crippen molar-refractivity contribution >= 4 is 7.82 Å². The normalized spacial score (nSPS) is 12.5. The van der Waals surface area contributed by atoms with Gasteiger partial charge in [-0.25, -0.2) is 4.57 Å². The third-order valence-electron chi connectivity index (χ3n) is 1.26. The molecule has 0 saturated carbocycles. The molecular weight excluding hydrogens is 203 g/mol. The maximum absolute atomic E-state index is 11.8. The monoisotopic (exact) mass is 220 g/mol. The minimum atomic E-state index is -3.50. The van der Waals surface area contributed by atoms with Crippen molar-refractivity contribution in [1.82, 2.24) is 0 Å². The van der Waals surface area contributed by atoms with E-state index in [0.717, 1.165) is 0 Å². The van der Waals surface area contributed by atoms with E-state index in [1.165, 1.54) is 0 Å². The van der Waals surface area contributed by atoms with Gasteiger partial charge in [-0.3, -0.25) is 13.6 Å². The molecule has 0 aliphatic rings. The summed E-state index contributed by atoms with van der Waals surface area (Å²) < 4.78 is 26.8. The van der Waals surface area contributed by atoms with Crippen LogP contribution in [0.25, 0.3) is 0 Å². The van der Waals surface area contributed by atoms with Crippen molar-refractivity contribution < 1.29 is 18.1 Å². The van der Waals surface area contributed by atoms with Gasteiger partial charge in [0.1, 0.15) is 5.60 Å². The summed E-state index contributed by atoms with van der Waals surface area (Å²) in [5, 5.41) is 0. The number of hydrogen-bond donors (Lipinski definition) is 0. The molecule has 0 rings (SSSR count). The van der Waals surface area contributed by atoms with Crippen molar-refractivity contribution in [2.45, 2.75) is 33.3 Å². The number of phosphoric ester groups is 1. The molecule has 14 heavy (non-hydrogen) atoms. The Bertz CT molecular complexity index is 244. The van der Waals surface area contributed by atoms with Crippen LogP contribution >= 0.6 is 7.82 Å². The van der Waals surface area contributed by atoms with Crippen molar-refractivity contribution in [2.75, 3.05) is 13.2 Å². The van der Waals surface area contributed by atoms with Crippen LogP contribution in [0.4, 0.5) is 0 Å². The van der Waals surface area contributed by atoms with Gasteiger partial charge < -0.3 is 0 Å². The van der Waals surface area contributed by atoms with E-state index >= 15 is 0 Å². The molecule has 0 aliphatic heterocycles. The lowest BCUT2D eigenvalue weighted by atomic mass is 10.2. The second-order valence-electron chi connectivity index (χ2n) is 3.03. The van der Waals surface area contributed by atoms with Crippen LogP contribution in [0.1, 0.15) is 27.7 Å². The molecule has 0 unspecified atom stereocenters. The average molecular weight is 220 g/mol. The minimum Gasteiger partial charge on any atom is -0.287 e. The molecule has 0 aromatic carbocycles. The lowest BCUT2D eigenvalue weighted by Crippen LogP contribution is -2.21. The average Bonchev–Trinajstić information content (AvgIpc) is 2.03. The molecule has 0 fully saturated rings. The first-order valence-corrected chi connectivity index (χ1v) is 5.93. The van der Waals surface area contributed by atoms with Crippen LogP contribution in [0.2, 0.25) is 0 Å². The number of rotatable bonds is 6. The number of terminal acetylenes is 1. The van der Waals surface area contributed by atoms with E-state index < -0.39 is 13.4 Å². The summed E-state index contributed by atoms with van der Waals surface area (Å²) >= 11 is 0. The van der Waals surface area contributed by atoms with Gasteiger partial charge in [-0.05, 0) is 27.7 Å². The minimum absolute atomic E-state index is 0.248. The topological polar surface area (TPSA) is 44.8 Å². The van der Waals surface area contributed by atoms with E-state index in [4.69, 9.17) is 20.0 Å². The van der Waals surface area contributed by atoms with Crippen LogP contribution in [-0.4, -0.2) is 18.8 Å². The van der Waals surface area contributed by atoms with Crippen LogP contribution in [0, 0.1) is 12.3 Å². The predicted molar refractivity (Wildman–Crippen MR) is 54.9 cm³/mol. The van der Waals surface area contributed by atoms with E-state index in [1.54, 1.807) is 27.7 Å². The summed E-state index contributed by atoms with van der Waals surface area (Å²) in [6.45, 7) is 7.15. The van der Waals surface area contributed by atoms with E-state index in [-0.39, 0.29) is 13.2 Å². The molecule has 4 nitrogen and oxygen atoms in total. The van der Waals surface area contributed by atoms with Gasteiger partial charge in [0.2, 0.25) is 0 Å². The maximum Gasteiger partial charge on any atom is 0.476 e. The Labute approximate surface area is 85.5 Å². The molecule has 82 valence electrons. The smallest absolute Gasteiger partial charge is 0.287 e. The fourth-order valence-corrected chi connectivity index (χ4v) is 2.14. The largest absolute Gasteiger partial charge is 0.476 e. The molecule has 0 amide bonds. The fraction of sp³-hybridized carbons (Fsp3) is 0.778. The lowest BCUT2D eigenvalue weighted by molar-refractivity contribution is 0.0681. The Morgan fingerprint density at radius 3 is 2.00 bits per heavy atom. The summed E-state index contributed by atoms with van der Waals surface area (Å²) in [6, 6.07) is 0. The number of hydrogen-bond acceptors (Lipinski definition) is 4. The van der Waals surface area contributed by atoms with Crippen molar-refractivity contribution in [3.05, 3.63) is 0 Å². The Morgan fingerprint density at radius 1 is 1.29 bits per heavy atom. The van der Waals surface area contributed by atoms with Crippen molar-refractivity contribution in [1.29, 1.82) is 0 Å². The molecule has 0 aliphatic carbocycles. The van der Waals surface area contributed by atoms with Gasteiger partial charge in [0.05, 0.1) is 13.2 Å². The molecule has 5 heteroatoms. The highest BCUT2D eigenvalue weighted by Crippen LogP contribution is 2.52. The quantitative estimate of drug-likeness (QED) is 0.509. The van der Waals surface area contributed by atoms with Crippen molar-refractivity contribution in [3.8, 4) is 12.3 Å². The Kier molecular flexibility index (Phi) is 5.40. The molecule has 0 spiro atoms. The van der Waals surface area contributed by atoms with Gasteiger partial charge in [-0.1, -0.05) is 5.92 Å². The summed E-state index contributed by atoms with van der Waals surface area (Å²) in [4.78, 5) is 0. The lowest BCUT2D eigenvalue weighted by Gasteiger charge is -2.24. The van der Waals surface area contributed by atoms with Gasteiger partial charge in [0.25, 0.3) is 0 Å². The second-order valence-corrected chi connectivity index (χ2v) is 4.62. The molecule has 0 aromatic heterocycles. The first kappa shape index (κ1) is 13.7. The molecule has 0 N–H and O–H groups in total. The zero-order valence-corrected chi connectivity index (χ0v) is 9.97. The molecule has 0 atom stereocenters. The van der Waals surface area contributed by atoms with Gasteiger partial charge in [-0.2, -0.15) is 0 Å². The maximum atomic E-state index is 11.8. The van der Waals surface area contributed by atoms with Gasteiger partial charge in [0.15, 0.2) is 0 Å². The Balaban J connectivity index is 4.54. The first-order valence-electron chi connectivity index (χ1n) is 4.46. The van der Waals surface area contributed by atoms with E-state index in [9.17, 15) is 4.57 Å². The molecule has 0 radical (unpaired) electrons. The van der Waals surface area contributed by atoms with Crippen LogP contribution in [0.3, 0.4) is 0 Å². The summed E-state index contributed by atoms with van der Waals surface area (Å²) in [7, 11) is -3.50. The third kappa shape index (κ3) is 4.78. The van der Waals surface area contributed by atoms with Gasteiger partial charge in [-0.15, -0.1) is 6.42 Å². The SMILES string of the molecule is C#CC(C)(C)OP(=O)(OCC)OCC. The van der Waals surface area contributed by atoms with Crippen LogP contribution in [0.5, 0.6) is 0 Å². The summed E-state index contributed by atoms with van der Waals surface area (Å²) in [6.07, 6.45) is 5.20. The molecule has 0 saturated heterocycles. The van der Waals surface area contributed by atoms with Crippen molar-refractivity contribution in [3.63, 3.8) is 0 Å². The summed E-state index contributed by atoms with van der Waals surface area (Å²) in [5.41, 5.74) is -0.958. The Hall–Kier alpha value is -0.330. The van der Waals surface area contributed by atoms with E-state index in [1.807, 2.05) is 0 Å². The van der Waals surface area contributed by atoms with Gasteiger partial charge in [0, 0.05) is 0 Å². The first-order chi connectivity index (χ1) is 6.39. The number of phosphoric acid groups is 1. The highest BCUT2D eigenvalue weighted by Gasteiger charge is 2.33. The van der Waals surface area contributed by atoms with Crippen LogP contribution in [0.15, 0.2) is 0 Å². The molecule has 0 heterocycles. The summed E-state index contributed by atoms with van der Waals surface area (Å²) in [5.74, 6) is 2.36. The fourth-order valence-electron chi connectivity index (χ4n) is 0.712. The molecule has 0 aromatic rings. The zero-order valence-electron chi connectivity index (χ0n) is 9.07. The predicted octanol–water partition coefficient (Wildman–Crippen LogP) is 2.60. The molecular formula is C9H17O4P. The van der Waals surface area contributed by atoms with Crippen molar-refractivity contribution in [2.24, 2.45) is 0 Å². The standard InChI is InChI=1S/C9H17O4P/c1-6-9(4,5)13-14(10,11-7-2)12-8-3/h1H,7-8H2,2-5H3. The van der Waals surface area contributed by atoms with Crippen LogP contribution in [-0.2, 0) is 18.1 Å². The zero-order chi connectivity index (χ0) is 11.2. The van der Waals surface area contributed by atoms with Gasteiger partial charge >= 0.3 is 7.82 Å². The van der Waals surface area contributed by atoms with E-state index in [0.29, 0.717) is 0 Å². The second kappa shape index (κ2) is 5.53. The van der Waals surface area contributed by atoms with E-state index in [2.05, 4.69) is 5.92 Å². The highest BCUT2D eigenvalue weighted by atomic mass is 31.2. The Morgan fingerprint density at radius 2 is 1.71 bits per heavy atom. The highest BCUT2D eigenvalue weighted by molar-refractivity contribution is 7.48. The third-order valence-corrected chi connectivity index (χ3v) is 3.09.